The first-order chi connectivity index (χ1) is 8.29. The third kappa shape index (κ3) is 2.01. The quantitative estimate of drug-likeness (QED) is 0.720. The minimum Gasteiger partial charge on any atom is -0.465 e. The molecule has 9 heteroatoms. The minimum absolute atomic E-state index is 0.254. The van der Waals surface area contributed by atoms with Gasteiger partial charge in [-0.15, -0.1) is 0 Å². The molecule has 0 atom stereocenters. The standard InChI is InChI=1S/C9H5F3N2O4/c10-3-1-6-5(2-4(3)14-8(16)17)13-7(15)9(11,12)18-6/h1-2,14H,(H,13,15)(H,16,17). The monoisotopic (exact) mass is 262 g/mol. The molecule has 2 rings (SSSR count). The summed E-state index contributed by atoms with van der Waals surface area (Å²) in [6, 6.07) is 1.39. The fourth-order valence-electron chi connectivity index (χ4n) is 1.33. The number of alkyl halides is 2. The van der Waals surface area contributed by atoms with Gasteiger partial charge in [-0.25, -0.2) is 9.18 Å². The number of anilines is 2. The summed E-state index contributed by atoms with van der Waals surface area (Å²) in [4.78, 5) is 21.2. The molecule has 1 aromatic rings. The second-order valence-corrected chi connectivity index (χ2v) is 3.33. The van der Waals surface area contributed by atoms with Gasteiger partial charge < -0.3 is 15.2 Å². The maximum absolute atomic E-state index is 13.3. The van der Waals surface area contributed by atoms with Crippen LogP contribution in [0.3, 0.4) is 0 Å². The van der Waals surface area contributed by atoms with Crippen LogP contribution in [0.25, 0.3) is 0 Å². The number of amides is 2. The maximum atomic E-state index is 13.3. The average molecular weight is 262 g/mol. The van der Waals surface area contributed by atoms with Gasteiger partial charge in [-0.2, -0.15) is 8.78 Å². The van der Waals surface area contributed by atoms with E-state index < -0.39 is 35.4 Å². The van der Waals surface area contributed by atoms with Crippen LogP contribution in [-0.4, -0.2) is 23.2 Å². The number of ether oxygens (including phenoxy) is 1. The van der Waals surface area contributed by atoms with E-state index in [4.69, 9.17) is 5.11 Å². The number of carboxylic acid groups (broad SMARTS) is 1. The molecule has 1 aliphatic rings. The van der Waals surface area contributed by atoms with Gasteiger partial charge in [0.25, 0.3) is 0 Å². The molecule has 0 unspecified atom stereocenters. The molecule has 1 heterocycles. The van der Waals surface area contributed by atoms with E-state index in [1.54, 1.807) is 10.6 Å². The van der Waals surface area contributed by atoms with Gasteiger partial charge in [-0.1, -0.05) is 0 Å². The molecule has 0 aromatic heterocycles. The Labute approximate surface area is 97.3 Å². The zero-order chi connectivity index (χ0) is 13.5. The van der Waals surface area contributed by atoms with Gasteiger partial charge in [0.05, 0.1) is 11.4 Å². The smallest absolute Gasteiger partial charge is 0.465 e. The lowest BCUT2D eigenvalue weighted by Gasteiger charge is -2.25. The highest BCUT2D eigenvalue weighted by Gasteiger charge is 2.46. The molecule has 6 nitrogen and oxygen atoms in total. The van der Waals surface area contributed by atoms with Gasteiger partial charge in [0, 0.05) is 6.07 Å². The predicted molar refractivity (Wildman–Crippen MR) is 52.3 cm³/mol. The summed E-state index contributed by atoms with van der Waals surface area (Å²) in [7, 11) is 0. The van der Waals surface area contributed by atoms with Crippen molar-refractivity contribution < 1.29 is 32.6 Å². The molecule has 0 fully saturated rings. The van der Waals surface area contributed by atoms with Gasteiger partial charge in [0.1, 0.15) is 0 Å². The third-order valence-electron chi connectivity index (χ3n) is 2.06. The van der Waals surface area contributed by atoms with Crippen molar-refractivity contribution in [3.05, 3.63) is 17.9 Å². The van der Waals surface area contributed by atoms with Gasteiger partial charge in [0.15, 0.2) is 11.6 Å². The summed E-state index contributed by atoms with van der Waals surface area (Å²) in [5.74, 6) is -3.42. The summed E-state index contributed by atoms with van der Waals surface area (Å²) in [5.41, 5.74) is -0.744. The SMILES string of the molecule is O=C(O)Nc1cc2c(cc1F)OC(F)(F)C(=O)N2. The summed E-state index contributed by atoms with van der Waals surface area (Å²) >= 11 is 0. The van der Waals surface area contributed by atoms with E-state index in [0.717, 1.165) is 6.07 Å². The first-order valence-corrected chi connectivity index (χ1v) is 4.51. The van der Waals surface area contributed by atoms with Crippen LogP contribution >= 0.6 is 0 Å². The van der Waals surface area contributed by atoms with Gasteiger partial charge >= 0.3 is 18.1 Å². The van der Waals surface area contributed by atoms with Crippen LogP contribution in [0.2, 0.25) is 0 Å². The molecule has 1 aliphatic heterocycles. The van der Waals surface area contributed by atoms with Crippen molar-refractivity contribution in [1.29, 1.82) is 0 Å². The summed E-state index contributed by atoms with van der Waals surface area (Å²) in [6.07, 6.45) is -5.64. The number of carbonyl (C=O) groups is 2. The normalized spacial score (nSPS) is 16.3. The van der Waals surface area contributed by atoms with E-state index in [1.807, 2.05) is 0 Å². The zero-order valence-corrected chi connectivity index (χ0v) is 8.46. The number of halogens is 3. The average Bonchev–Trinajstić information content (AvgIpc) is 2.21. The van der Waals surface area contributed by atoms with Gasteiger partial charge in [-0.05, 0) is 6.07 Å². The van der Waals surface area contributed by atoms with Crippen molar-refractivity contribution in [2.24, 2.45) is 0 Å². The van der Waals surface area contributed by atoms with Crippen LogP contribution in [0.15, 0.2) is 12.1 Å². The number of benzene rings is 1. The van der Waals surface area contributed by atoms with Crippen LogP contribution in [-0.2, 0) is 4.79 Å². The van der Waals surface area contributed by atoms with E-state index in [9.17, 15) is 22.8 Å². The fourth-order valence-corrected chi connectivity index (χ4v) is 1.33. The Morgan fingerprint density at radius 3 is 2.72 bits per heavy atom. The second-order valence-electron chi connectivity index (χ2n) is 3.33. The molecule has 0 radical (unpaired) electrons. The van der Waals surface area contributed by atoms with Crippen LogP contribution in [0.5, 0.6) is 5.75 Å². The zero-order valence-electron chi connectivity index (χ0n) is 8.46. The molecular weight excluding hydrogens is 257 g/mol. The second kappa shape index (κ2) is 3.79. The van der Waals surface area contributed by atoms with Gasteiger partial charge in [-0.3, -0.25) is 10.1 Å². The summed E-state index contributed by atoms with van der Waals surface area (Å²) in [5, 5.41) is 11.9. The number of hydrogen-bond donors (Lipinski definition) is 3. The lowest BCUT2D eigenvalue weighted by Crippen LogP contribution is -2.43. The predicted octanol–water partition coefficient (Wildman–Crippen LogP) is 1.84. The molecule has 3 N–H and O–H groups in total. The van der Waals surface area contributed by atoms with E-state index in [2.05, 4.69) is 4.74 Å². The Balaban J connectivity index is 2.42. The topological polar surface area (TPSA) is 87.7 Å². The van der Waals surface area contributed by atoms with E-state index in [0.29, 0.717) is 6.07 Å². The Hall–Kier alpha value is -2.45. The van der Waals surface area contributed by atoms with Crippen molar-refractivity contribution in [2.45, 2.75) is 6.11 Å². The van der Waals surface area contributed by atoms with E-state index in [-0.39, 0.29) is 5.69 Å². The highest BCUT2D eigenvalue weighted by atomic mass is 19.3. The van der Waals surface area contributed by atoms with Crippen molar-refractivity contribution in [2.75, 3.05) is 10.6 Å². The van der Waals surface area contributed by atoms with Crippen LogP contribution in [0, 0.1) is 5.82 Å². The number of rotatable bonds is 1. The van der Waals surface area contributed by atoms with Crippen LogP contribution in [0.4, 0.5) is 29.3 Å². The molecule has 2 amide bonds. The summed E-state index contributed by atoms with van der Waals surface area (Å²) < 4.78 is 43.0. The van der Waals surface area contributed by atoms with Crippen LogP contribution in [0.1, 0.15) is 0 Å². The van der Waals surface area contributed by atoms with Crippen molar-refractivity contribution in [1.82, 2.24) is 0 Å². The summed E-state index contributed by atoms with van der Waals surface area (Å²) in [6.45, 7) is 0. The number of nitrogens with one attached hydrogen (secondary N) is 2. The first kappa shape index (κ1) is 12.0. The lowest BCUT2D eigenvalue weighted by atomic mass is 10.2. The highest BCUT2D eigenvalue weighted by molar-refractivity contribution is 5.99. The van der Waals surface area contributed by atoms with Crippen molar-refractivity contribution >= 4 is 23.4 Å². The molecule has 0 saturated carbocycles. The number of hydrogen-bond acceptors (Lipinski definition) is 3. The van der Waals surface area contributed by atoms with Crippen molar-refractivity contribution in [3.63, 3.8) is 0 Å². The fraction of sp³-hybridized carbons (Fsp3) is 0.111. The Morgan fingerprint density at radius 1 is 1.44 bits per heavy atom. The molecule has 0 aliphatic carbocycles. The Morgan fingerprint density at radius 2 is 2.11 bits per heavy atom. The molecular formula is C9H5F3N2O4. The molecule has 0 bridgehead atoms. The van der Waals surface area contributed by atoms with E-state index in [1.165, 1.54) is 0 Å². The highest BCUT2D eigenvalue weighted by Crippen LogP contribution is 2.38. The largest absolute Gasteiger partial charge is 0.482 e. The van der Waals surface area contributed by atoms with E-state index >= 15 is 0 Å². The minimum atomic E-state index is -4.10. The third-order valence-corrected chi connectivity index (χ3v) is 2.06. The lowest BCUT2D eigenvalue weighted by molar-refractivity contribution is -0.189. The number of carbonyl (C=O) groups excluding carboxylic acids is 1. The van der Waals surface area contributed by atoms with Gasteiger partial charge in [0.2, 0.25) is 0 Å². The molecule has 96 valence electrons. The molecule has 1 aromatic carbocycles. The molecule has 0 saturated heterocycles. The number of fused-ring (bicyclic) bond motifs is 1. The maximum Gasteiger partial charge on any atom is 0.482 e. The van der Waals surface area contributed by atoms with Crippen molar-refractivity contribution in [3.8, 4) is 5.75 Å². The van der Waals surface area contributed by atoms with Crippen LogP contribution < -0.4 is 15.4 Å². The molecule has 0 spiro atoms. The Bertz CT molecular complexity index is 547. The molecule has 18 heavy (non-hydrogen) atoms. The first-order valence-electron chi connectivity index (χ1n) is 4.51. The Kier molecular flexibility index (Phi) is 2.53.